The van der Waals surface area contributed by atoms with Crippen LogP contribution >= 0.6 is 12.2 Å². The van der Waals surface area contributed by atoms with Gasteiger partial charge in [-0.25, -0.2) is 0 Å². The summed E-state index contributed by atoms with van der Waals surface area (Å²) in [7, 11) is 1.57. The van der Waals surface area contributed by atoms with Gasteiger partial charge in [-0.2, -0.15) is 0 Å². The number of benzene rings is 2. The summed E-state index contributed by atoms with van der Waals surface area (Å²) in [6, 6.07) is 14.1. The van der Waals surface area contributed by atoms with Crippen molar-refractivity contribution in [2.75, 3.05) is 19.0 Å². The van der Waals surface area contributed by atoms with Gasteiger partial charge in [0.15, 0.2) is 5.11 Å². The van der Waals surface area contributed by atoms with Crippen LogP contribution in [0.1, 0.15) is 17.3 Å². The average molecular weight is 356 g/mol. The first-order valence-corrected chi connectivity index (χ1v) is 8.02. The fourth-order valence-electron chi connectivity index (χ4n) is 1.92. The van der Waals surface area contributed by atoms with E-state index in [9.17, 15) is 4.79 Å². The largest absolute Gasteiger partial charge is 0.497 e. The molecular weight excluding hydrogens is 336 g/mol. The van der Waals surface area contributed by atoms with Gasteiger partial charge < -0.3 is 14.8 Å². The van der Waals surface area contributed by atoms with E-state index < -0.39 is 0 Å². The van der Waals surface area contributed by atoms with Crippen molar-refractivity contribution in [3.8, 4) is 11.5 Å². The maximum atomic E-state index is 12.1. The Morgan fingerprint density at radius 3 is 2.24 bits per heavy atom. The second-order valence-electron chi connectivity index (χ2n) is 5.41. The van der Waals surface area contributed by atoms with Gasteiger partial charge in [-0.3, -0.25) is 10.1 Å². The highest BCUT2D eigenvalue weighted by atomic mass is 32.1. The highest BCUT2D eigenvalue weighted by Gasteiger charge is 2.08. The van der Waals surface area contributed by atoms with E-state index in [0.29, 0.717) is 17.9 Å². The summed E-state index contributed by atoms with van der Waals surface area (Å²) in [6.07, 6.45) is 0. The summed E-state index contributed by atoms with van der Waals surface area (Å²) in [6.45, 7) is 6.17. The number of methoxy groups -OCH3 is 1. The molecule has 0 fully saturated rings. The van der Waals surface area contributed by atoms with Crippen molar-refractivity contribution < 1.29 is 14.3 Å². The smallest absolute Gasteiger partial charge is 0.257 e. The van der Waals surface area contributed by atoms with Crippen LogP contribution in [0.5, 0.6) is 11.5 Å². The lowest BCUT2D eigenvalue weighted by Gasteiger charge is -2.11. The second-order valence-corrected chi connectivity index (χ2v) is 5.82. The van der Waals surface area contributed by atoms with Crippen molar-refractivity contribution in [2.24, 2.45) is 0 Å². The molecule has 0 radical (unpaired) electrons. The molecule has 0 atom stereocenters. The zero-order valence-corrected chi connectivity index (χ0v) is 15.0. The molecule has 2 aromatic carbocycles. The average Bonchev–Trinajstić information content (AvgIpc) is 2.61. The van der Waals surface area contributed by atoms with Crippen LogP contribution in [0.4, 0.5) is 5.69 Å². The van der Waals surface area contributed by atoms with Crippen LogP contribution in [-0.2, 0) is 0 Å². The molecule has 0 heterocycles. The summed E-state index contributed by atoms with van der Waals surface area (Å²) >= 11 is 5.17. The minimum Gasteiger partial charge on any atom is -0.497 e. The lowest BCUT2D eigenvalue weighted by molar-refractivity contribution is 0.0977. The van der Waals surface area contributed by atoms with Crippen LogP contribution < -0.4 is 20.1 Å². The molecule has 0 aromatic heterocycles. The third-order valence-corrected chi connectivity index (χ3v) is 3.38. The molecule has 2 N–H and O–H groups in total. The quantitative estimate of drug-likeness (QED) is 0.609. The van der Waals surface area contributed by atoms with E-state index in [0.717, 1.165) is 17.0 Å². The zero-order chi connectivity index (χ0) is 18.2. The fraction of sp³-hybridized carbons (Fsp3) is 0.158. The lowest BCUT2D eigenvalue weighted by Crippen LogP contribution is -2.34. The number of carbonyl (C=O) groups excluding carboxylic acids is 1. The molecule has 0 bridgehead atoms. The molecule has 0 saturated heterocycles. The van der Waals surface area contributed by atoms with Crippen LogP contribution in [0.25, 0.3) is 0 Å². The molecule has 0 aliphatic rings. The number of amides is 1. The molecule has 2 rings (SSSR count). The van der Waals surface area contributed by atoms with Crippen molar-refractivity contribution in [3.05, 3.63) is 66.2 Å². The Kier molecular flexibility index (Phi) is 6.54. The summed E-state index contributed by atoms with van der Waals surface area (Å²) in [5.41, 5.74) is 2.20. The number of nitrogens with one attached hydrogen (secondary N) is 2. The van der Waals surface area contributed by atoms with Gasteiger partial charge in [0.2, 0.25) is 0 Å². The van der Waals surface area contributed by atoms with E-state index in [1.54, 1.807) is 31.4 Å². The van der Waals surface area contributed by atoms with Crippen molar-refractivity contribution >= 4 is 28.9 Å². The van der Waals surface area contributed by atoms with Crippen LogP contribution in [0.15, 0.2) is 60.7 Å². The number of hydrogen-bond donors (Lipinski definition) is 2. The Balaban J connectivity index is 1.88. The third-order valence-electron chi connectivity index (χ3n) is 3.18. The van der Waals surface area contributed by atoms with E-state index in [2.05, 4.69) is 17.2 Å². The van der Waals surface area contributed by atoms with E-state index in [1.807, 2.05) is 31.2 Å². The fourth-order valence-corrected chi connectivity index (χ4v) is 2.13. The Labute approximate surface area is 152 Å². The van der Waals surface area contributed by atoms with Gasteiger partial charge in [0.05, 0.1) is 7.11 Å². The van der Waals surface area contributed by atoms with Gasteiger partial charge in [-0.15, -0.1) is 0 Å². The third kappa shape index (κ3) is 5.93. The van der Waals surface area contributed by atoms with E-state index in [1.165, 1.54) is 0 Å². The van der Waals surface area contributed by atoms with Crippen molar-refractivity contribution in [1.82, 2.24) is 5.32 Å². The Bertz CT molecular complexity index is 755. The topological polar surface area (TPSA) is 59.6 Å². The lowest BCUT2D eigenvalue weighted by atomic mass is 10.2. The molecular formula is C19H20N2O3S. The molecule has 0 aliphatic heterocycles. The van der Waals surface area contributed by atoms with Crippen LogP contribution in [0.2, 0.25) is 0 Å². The minimum atomic E-state index is -0.290. The number of hydrogen-bond acceptors (Lipinski definition) is 4. The highest BCUT2D eigenvalue weighted by molar-refractivity contribution is 7.80. The molecule has 6 heteroatoms. The molecule has 0 spiro atoms. The molecule has 0 saturated carbocycles. The van der Waals surface area contributed by atoms with Crippen LogP contribution in [0, 0.1) is 0 Å². The minimum absolute atomic E-state index is 0.219. The second kappa shape index (κ2) is 8.84. The summed E-state index contributed by atoms with van der Waals surface area (Å²) in [5, 5.41) is 5.81. The summed E-state index contributed by atoms with van der Waals surface area (Å²) < 4.78 is 10.6. The van der Waals surface area contributed by atoms with Crippen molar-refractivity contribution in [3.63, 3.8) is 0 Å². The molecule has 130 valence electrons. The Morgan fingerprint density at radius 1 is 1.08 bits per heavy atom. The first kappa shape index (κ1) is 18.5. The van der Waals surface area contributed by atoms with E-state index in [4.69, 9.17) is 21.7 Å². The summed E-state index contributed by atoms with van der Waals surface area (Å²) in [5.74, 6) is 1.13. The summed E-state index contributed by atoms with van der Waals surface area (Å²) in [4.78, 5) is 12.1. The maximum Gasteiger partial charge on any atom is 0.257 e. The molecule has 2 aromatic rings. The zero-order valence-electron chi connectivity index (χ0n) is 14.2. The Hall–Kier alpha value is -2.86. The van der Waals surface area contributed by atoms with Gasteiger partial charge >= 0.3 is 0 Å². The molecule has 5 nitrogen and oxygen atoms in total. The van der Waals surface area contributed by atoms with Crippen LogP contribution in [-0.4, -0.2) is 24.7 Å². The van der Waals surface area contributed by atoms with Gasteiger partial charge in [0, 0.05) is 11.3 Å². The predicted molar refractivity (Wildman–Crippen MR) is 103 cm³/mol. The molecule has 0 unspecified atom stereocenters. The normalized spacial score (nSPS) is 9.84. The first-order chi connectivity index (χ1) is 12.0. The van der Waals surface area contributed by atoms with Gasteiger partial charge in [0.25, 0.3) is 5.91 Å². The monoisotopic (exact) mass is 356 g/mol. The number of rotatable bonds is 6. The standard InChI is InChI=1S/C19H20N2O3S/c1-13(2)12-24-17-10-6-15(7-11-17)20-19(25)21-18(22)14-4-8-16(23-3)9-5-14/h4-11H,1,12H2,2-3H3,(H2,20,21,22,25). The van der Waals surface area contributed by atoms with Crippen molar-refractivity contribution in [1.29, 1.82) is 0 Å². The Morgan fingerprint density at radius 2 is 1.68 bits per heavy atom. The number of ether oxygens (including phenoxy) is 2. The van der Waals surface area contributed by atoms with Gasteiger partial charge in [-0.05, 0) is 73.2 Å². The predicted octanol–water partition coefficient (Wildman–Crippen LogP) is 3.78. The molecule has 25 heavy (non-hydrogen) atoms. The maximum absolute atomic E-state index is 12.1. The number of thiocarbonyl (C=S) groups is 1. The number of carbonyl (C=O) groups is 1. The van der Waals surface area contributed by atoms with Crippen molar-refractivity contribution in [2.45, 2.75) is 6.92 Å². The SMILES string of the molecule is C=C(C)COc1ccc(NC(=S)NC(=O)c2ccc(OC)cc2)cc1. The molecule has 0 aliphatic carbocycles. The first-order valence-electron chi connectivity index (χ1n) is 7.61. The van der Waals surface area contributed by atoms with Crippen LogP contribution in [0.3, 0.4) is 0 Å². The van der Waals surface area contributed by atoms with Gasteiger partial charge in [-0.1, -0.05) is 6.58 Å². The molecule has 1 amide bonds. The highest BCUT2D eigenvalue weighted by Crippen LogP contribution is 2.16. The van der Waals surface area contributed by atoms with E-state index in [-0.39, 0.29) is 11.0 Å². The van der Waals surface area contributed by atoms with E-state index >= 15 is 0 Å². The number of anilines is 1. The van der Waals surface area contributed by atoms with Gasteiger partial charge in [0.1, 0.15) is 18.1 Å².